The zero-order valence-electron chi connectivity index (χ0n) is 10.6. The van der Waals surface area contributed by atoms with E-state index < -0.39 is 0 Å². The second-order valence-electron chi connectivity index (χ2n) is 4.41. The topological polar surface area (TPSA) is 81.0 Å². The van der Waals surface area contributed by atoms with Gasteiger partial charge in [0.25, 0.3) is 5.56 Å². The van der Waals surface area contributed by atoms with E-state index in [1.54, 1.807) is 18.2 Å². The number of nitrogens with one attached hydrogen (secondary N) is 1. The van der Waals surface area contributed by atoms with Crippen LogP contribution in [0.3, 0.4) is 0 Å². The van der Waals surface area contributed by atoms with Crippen LogP contribution in [0.2, 0.25) is 5.02 Å². The van der Waals surface area contributed by atoms with Crippen molar-refractivity contribution in [1.82, 2.24) is 9.97 Å². The predicted octanol–water partition coefficient (Wildman–Crippen LogP) is 2.92. The Hall–Kier alpha value is -2.01. The van der Waals surface area contributed by atoms with E-state index in [1.165, 1.54) is 6.07 Å². The van der Waals surface area contributed by atoms with Crippen molar-refractivity contribution in [2.24, 2.45) is 0 Å². The minimum atomic E-state index is -0.254. The first-order valence-corrected chi connectivity index (χ1v) is 6.17. The van der Waals surface area contributed by atoms with E-state index in [9.17, 15) is 4.79 Å². The first-order chi connectivity index (χ1) is 8.95. The molecule has 2 aromatic rings. The van der Waals surface area contributed by atoms with Gasteiger partial charge in [0, 0.05) is 12.0 Å². The van der Waals surface area contributed by atoms with Crippen molar-refractivity contribution < 1.29 is 4.74 Å². The number of hydrogen-bond donors (Lipinski definition) is 2. The van der Waals surface area contributed by atoms with Crippen LogP contribution in [0.15, 0.2) is 29.1 Å². The van der Waals surface area contributed by atoms with Crippen LogP contribution in [0.5, 0.6) is 11.6 Å². The molecule has 5 nitrogen and oxygen atoms in total. The number of nitrogen functional groups attached to an aromatic ring is 1. The summed E-state index contributed by atoms with van der Waals surface area (Å²) in [6, 6.07) is 6.16. The van der Waals surface area contributed by atoms with E-state index in [0.717, 1.165) is 0 Å². The van der Waals surface area contributed by atoms with Gasteiger partial charge in [-0.1, -0.05) is 25.4 Å². The van der Waals surface area contributed by atoms with Gasteiger partial charge in [-0.15, -0.1) is 0 Å². The molecule has 0 atom stereocenters. The molecule has 0 saturated carbocycles. The summed E-state index contributed by atoms with van der Waals surface area (Å²) in [5.74, 6) is 1.38. The van der Waals surface area contributed by atoms with Gasteiger partial charge in [0.2, 0.25) is 5.88 Å². The van der Waals surface area contributed by atoms with Crippen molar-refractivity contribution in [3.8, 4) is 11.6 Å². The number of nitrogens with two attached hydrogens (primary N) is 1. The van der Waals surface area contributed by atoms with Crippen molar-refractivity contribution in [3.05, 3.63) is 45.5 Å². The number of hydrogen-bond acceptors (Lipinski definition) is 4. The Morgan fingerprint density at radius 2 is 2.11 bits per heavy atom. The molecule has 2 rings (SSSR count). The molecule has 0 aliphatic rings. The van der Waals surface area contributed by atoms with E-state index in [1.807, 2.05) is 13.8 Å². The minimum absolute atomic E-state index is 0.103. The zero-order chi connectivity index (χ0) is 14.0. The molecule has 0 unspecified atom stereocenters. The van der Waals surface area contributed by atoms with E-state index in [-0.39, 0.29) is 17.4 Å². The number of halogens is 1. The highest BCUT2D eigenvalue weighted by Crippen LogP contribution is 2.27. The molecule has 100 valence electrons. The fraction of sp³-hybridized carbons (Fsp3) is 0.231. The molecule has 0 amide bonds. The Bertz CT molecular complexity index is 653. The van der Waals surface area contributed by atoms with Crippen LogP contribution in [-0.2, 0) is 0 Å². The number of H-pyrrole nitrogens is 1. The van der Waals surface area contributed by atoms with Gasteiger partial charge >= 0.3 is 0 Å². The molecular formula is C13H14ClN3O2. The molecule has 0 aliphatic carbocycles. The largest absolute Gasteiger partial charge is 0.439 e. The number of benzene rings is 1. The number of nitrogens with zero attached hydrogens (tertiary/aromatic N) is 1. The third-order valence-corrected chi connectivity index (χ3v) is 2.81. The van der Waals surface area contributed by atoms with E-state index >= 15 is 0 Å². The van der Waals surface area contributed by atoms with Crippen LogP contribution in [0.4, 0.5) is 5.69 Å². The average molecular weight is 280 g/mol. The van der Waals surface area contributed by atoms with Gasteiger partial charge in [-0.25, -0.2) is 0 Å². The van der Waals surface area contributed by atoms with Crippen molar-refractivity contribution >= 4 is 17.3 Å². The fourth-order valence-corrected chi connectivity index (χ4v) is 1.64. The summed E-state index contributed by atoms with van der Waals surface area (Å²) >= 11 is 5.90. The van der Waals surface area contributed by atoms with Gasteiger partial charge in [0.15, 0.2) is 0 Å². The molecule has 19 heavy (non-hydrogen) atoms. The maximum atomic E-state index is 11.5. The molecule has 0 bridgehead atoms. The smallest absolute Gasteiger partial charge is 0.254 e. The summed E-state index contributed by atoms with van der Waals surface area (Å²) in [6.45, 7) is 3.87. The van der Waals surface area contributed by atoms with Crippen LogP contribution < -0.4 is 16.0 Å². The van der Waals surface area contributed by atoms with E-state index in [4.69, 9.17) is 22.1 Å². The average Bonchev–Trinajstić information content (AvgIpc) is 2.33. The molecule has 0 radical (unpaired) electrons. The maximum Gasteiger partial charge on any atom is 0.254 e. The van der Waals surface area contributed by atoms with Crippen LogP contribution in [0.1, 0.15) is 25.6 Å². The standard InChI is InChI=1S/C13H14ClN3O2/c1-7(2)13-16-11(18)6-12(17-13)19-8-3-4-10(15)9(14)5-8/h3-7H,15H2,1-2H3,(H,16,17,18). The first kappa shape index (κ1) is 13.4. The molecule has 0 saturated heterocycles. The lowest BCUT2D eigenvalue weighted by atomic mass is 10.2. The first-order valence-electron chi connectivity index (χ1n) is 5.80. The summed E-state index contributed by atoms with van der Waals surface area (Å²) in [5, 5.41) is 0.395. The highest BCUT2D eigenvalue weighted by Gasteiger charge is 2.07. The van der Waals surface area contributed by atoms with E-state index in [2.05, 4.69) is 9.97 Å². The van der Waals surface area contributed by atoms with Crippen LogP contribution in [-0.4, -0.2) is 9.97 Å². The molecule has 1 aromatic carbocycles. The molecule has 1 heterocycles. The van der Waals surface area contributed by atoms with Crippen molar-refractivity contribution in [2.75, 3.05) is 5.73 Å². The summed E-state index contributed by atoms with van der Waals surface area (Å²) in [4.78, 5) is 18.4. The molecular weight excluding hydrogens is 266 g/mol. The Labute approximate surface area is 115 Å². The zero-order valence-corrected chi connectivity index (χ0v) is 11.4. The van der Waals surface area contributed by atoms with Crippen molar-refractivity contribution in [2.45, 2.75) is 19.8 Å². The fourth-order valence-electron chi connectivity index (χ4n) is 1.47. The van der Waals surface area contributed by atoms with Gasteiger partial charge in [0.1, 0.15) is 11.6 Å². The number of rotatable bonds is 3. The van der Waals surface area contributed by atoms with Gasteiger partial charge in [-0.3, -0.25) is 4.79 Å². The van der Waals surface area contributed by atoms with Crippen LogP contribution >= 0.6 is 11.6 Å². The van der Waals surface area contributed by atoms with Gasteiger partial charge in [-0.05, 0) is 12.1 Å². The second kappa shape index (κ2) is 5.32. The number of ether oxygens (including phenoxy) is 1. The summed E-state index contributed by atoms with van der Waals surface area (Å²) in [6.07, 6.45) is 0. The highest BCUT2D eigenvalue weighted by molar-refractivity contribution is 6.33. The Morgan fingerprint density at radius 3 is 2.74 bits per heavy atom. The minimum Gasteiger partial charge on any atom is -0.439 e. The molecule has 0 fully saturated rings. The monoisotopic (exact) mass is 279 g/mol. The molecule has 0 aliphatic heterocycles. The SMILES string of the molecule is CC(C)c1nc(Oc2ccc(N)c(Cl)c2)cc(=O)[nH]1. The van der Waals surface area contributed by atoms with Gasteiger partial charge < -0.3 is 15.5 Å². The second-order valence-corrected chi connectivity index (χ2v) is 4.82. The van der Waals surface area contributed by atoms with Crippen molar-refractivity contribution in [3.63, 3.8) is 0 Å². The lowest BCUT2D eigenvalue weighted by Gasteiger charge is -2.08. The number of aromatic amines is 1. The maximum absolute atomic E-state index is 11.5. The number of aromatic nitrogens is 2. The lowest BCUT2D eigenvalue weighted by molar-refractivity contribution is 0.456. The molecule has 1 aromatic heterocycles. The highest BCUT2D eigenvalue weighted by atomic mass is 35.5. The Balaban J connectivity index is 2.32. The Morgan fingerprint density at radius 1 is 1.37 bits per heavy atom. The van der Waals surface area contributed by atoms with E-state index in [0.29, 0.717) is 22.3 Å². The van der Waals surface area contributed by atoms with Crippen molar-refractivity contribution in [1.29, 1.82) is 0 Å². The number of anilines is 1. The Kier molecular flexibility index (Phi) is 3.76. The normalized spacial score (nSPS) is 10.7. The van der Waals surface area contributed by atoms with Crippen LogP contribution in [0, 0.1) is 0 Å². The molecule has 3 N–H and O–H groups in total. The summed E-state index contributed by atoms with van der Waals surface area (Å²) in [5.41, 5.74) is 5.83. The third kappa shape index (κ3) is 3.26. The quantitative estimate of drug-likeness (QED) is 0.847. The third-order valence-electron chi connectivity index (χ3n) is 2.48. The van der Waals surface area contributed by atoms with Gasteiger partial charge in [-0.2, -0.15) is 4.98 Å². The molecule has 6 heteroatoms. The summed E-state index contributed by atoms with van der Waals surface area (Å²) < 4.78 is 5.51. The van der Waals surface area contributed by atoms with Crippen LogP contribution in [0.25, 0.3) is 0 Å². The van der Waals surface area contributed by atoms with Gasteiger partial charge in [0.05, 0.1) is 16.8 Å². The summed E-state index contributed by atoms with van der Waals surface area (Å²) in [7, 11) is 0. The lowest BCUT2D eigenvalue weighted by Crippen LogP contribution is -2.11. The predicted molar refractivity (Wildman–Crippen MR) is 74.9 cm³/mol. The molecule has 0 spiro atoms.